The summed E-state index contributed by atoms with van der Waals surface area (Å²) >= 11 is 0. The van der Waals surface area contributed by atoms with E-state index in [1.165, 1.54) is 19.3 Å². The molecule has 0 radical (unpaired) electrons. The number of imidazole rings is 1. The topological polar surface area (TPSA) is 64.7 Å². The molecule has 1 saturated carbocycles. The number of rotatable bonds is 4. The lowest BCUT2D eigenvalue weighted by atomic mass is 9.96. The van der Waals surface area contributed by atoms with Gasteiger partial charge in [-0.3, -0.25) is 4.79 Å². The van der Waals surface area contributed by atoms with Gasteiger partial charge in [0.05, 0.1) is 24.3 Å². The van der Waals surface area contributed by atoms with Crippen molar-refractivity contribution in [3.63, 3.8) is 0 Å². The molecule has 1 N–H and O–H groups in total. The standard InChI is InChI=1S/C15H21N5O/c1-12-9-19(11-16-12)10-15(21)18-14-7-8-17-20(14)13-5-3-2-4-6-13/h7-9,11,13H,2-6,10H2,1H3,(H,18,21). The smallest absolute Gasteiger partial charge is 0.245 e. The first-order chi connectivity index (χ1) is 10.2. The molecule has 0 atom stereocenters. The van der Waals surface area contributed by atoms with E-state index in [9.17, 15) is 4.79 Å². The van der Waals surface area contributed by atoms with Crippen LogP contribution in [0.2, 0.25) is 0 Å². The highest BCUT2D eigenvalue weighted by molar-refractivity contribution is 5.89. The maximum atomic E-state index is 12.1. The highest BCUT2D eigenvalue weighted by Gasteiger charge is 2.19. The van der Waals surface area contributed by atoms with Gasteiger partial charge in [-0.2, -0.15) is 5.10 Å². The van der Waals surface area contributed by atoms with Crippen LogP contribution in [0.3, 0.4) is 0 Å². The Morgan fingerprint density at radius 3 is 2.90 bits per heavy atom. The molecule has 2 aromatic heterocycles. The summed E-state index contributed by atoms with van der Waals surface area (Å²) in [7, 11) is 0. The van der Waals surface area contributed by atoms with Crippen molar-refractivity contribution in [2.75, 3.05) is 5.32 Å². The monoisotopic (exact) mass is 287 g/mol. The number of amides is 1. The van der Waals surface area contributed by atoms with Crippen molar-refractivity contribution in [2.24, 2.45) is 0 Å². The molecule has 6 nitrogen and oxygen atoms in total. The molecule has 0 saturated heterocycles. The van der Waals surface area contributed by atoms with Crippen molar-refractivity contribution in [2.45, 2.75) is 51.6 Å². The van der Waals surface area contributed by atoms with Crippen molar-refractivity contribution in [3.05, 3.63) is 30.5 Å². The van der Waals surface area contributed by atoms with Gasteiger partial charge in [-0.05, 0) is 19.8 Å². The van der Waals surface area contributed by atoms with E-state index < -0.39 is 0 Å². The lowest BCUT2D eigenvalue weighted by Gasteiger charge is -2.23. The van der Waals surface area contributed by atoms with Gasteiger partial charge < -0.3 is 9.88 Å². The summed E-state index contributed by atoms with van der Waals surface area (Å²) in [6, 6.07) is 2.28. The predicted octanol–water partition coefficient (Wildman–Crippen LogP) is 2.53. The molecule has 1 fully saturated rings. The summed E-state index contributed by atoms with van der Waals surface area (Å²) in [5.41, 5.74) is 0.912. The number of aromatic nitrogens is 4. The highest BCUT2D eigenvalue weighted by atomic mass is 16.2. The molecule has 2 aromatic rings. The number of aryl methyl sites for hydroxylation is 1. The molecule has 6 heteroatoms. The molecule has 0 unspecified atom stereocenters. The molecule has 0 aromatic carbocycles. The van der Waals surface area contributed by atoms with Crippen molar-refractivity contribution in [1.82, 2.24) is 19.3 Å². The third-order valence-corrected chi connectivity index (χ3v) is 3.95. The third kappa shape index (κ3) is 3.32. The third-order valence-electron chi connectivity index (χ3n) is 3.95. The van der Waals surface area contributed by atoms with Gasteiger partial charge in [0.15, 0.2) is 0 Å². The fourth-order valence-electron chi connectivity index (χ4n) is 2.94. The largest absolute Gasteiger partial charge is 0.328 e. The summed E-state index contributed by atoms with van der Waals surface area (Å²) in [5, 5.41) is 7.35. The number of carbonyl (C=O) groups is 1. The van der Waals surface area contributed by atoms with E-state index in [0.29, 0.717) is 6.04 Å². The van der Waals surface area contributed by atoms with E-state index in [1.54, 1.807) is 17.1 Å². The van der Waals surface area contributed by atoms with Gasteiger partial charge in [-0.1, -0.05) is 19.3 Å². The molecular weight excluding hydrogens is 266 g/mol. The number of nitrogens with one attached hydrogen (secondary N) is 1. The van der Waals surface area contributed by atoms with Crippen molar-refractivity contribution >= 4 is 11.7 Å². The average molecular weight is 287 g/mol. The Balaban J connectivity index is 1.64. The molecule has 3 rings (SSSR count). The second kappa shape index (κ2) is 6.11. The quantitative estimate of drug-likeness (QED) is 0.939. The average Bonchev–Trinajstić information content (AvgIpc) is 3.09. The molecule has 2 heterocycles. The van der Waals surface area contributed by atoms with Crippen LogP contribution in [-0.4, -0.2) is 25.2 Å². The van der Waals surface area contributed by atoms with Gasteiger partial charge in [-0.25, -0.2) is 9.67 Å². The van der Waals surface area contributed by atoms with Crippen LogP contribution in [-0.2, 0) is 11.3 Å². The molecule has 0 bridgehead atoms. The van der Waals surface area contributed by atoms with Crippen LogP contribution in [0.1, 0.15) is 43.8 Å². The van der Waals surface area contributed by atoms with Crippen LogP contribution in [0.5, 0.6) is 0 Å². The summed E-state index contributed by atoms with van der Waals surface area (Å²) in [6.07, 6.45) is 11.4. The molecular formula is C15H21N5O. The number of nitrogens with zero attached hydrogens (tertiary/aromatic N) is 4. The van der Waals surface area contributed by atoms with Gasteiger partial charge >= 0.3 is 0 Å². The highest BCUT2D eigenvalue weighted by Crippen LogP contribution is 2.29. The molecule has 0 aliphatic heterocycles. The molecule has 112 valence electrons. The Kier molecular flexibility index (Phi) is 4.03. The van der Waals surface area contributed by atoms with Gasteiger partial charge in [0.1, 0.15) is 12.4 Å². The van der Waals surface area contributed by atoms with E-state index in [0.717, 1.165) is 24.4 Å². The van der Waals surface area contributed by atoms with Gasteiger partial charge in [-0.15, -0.1) is 0 Å². The summed E-state index contributed by atoms with van der Waals surface area (Å²) in [6.45, 7) is 2.18. The maximum Gasteiger partial charge on any atom is 0.245 e. The van der Waals surface area contributed by atoms with Crippen molar-refractivity contribution in [1.29, 1.82) is 0 Å². The summed E-state index contributed by atoms with van der Waals surface area (Å²) < 4.78 is 3.75. The molecule has 1 amide bonds. The van der Waals surface area contributed by atoms with Crippen LogP contribution >= 0.6 is 0 Å². The van der Waals surface area contributed by atoms with E-state index in [2.05, 4.69) is 15.4 Å². The van der Waals surface area contributed by atoms with Crippen LogP contribution < -0.4 is 5.32 Å². The zero-order valence-corrected chi connectivity index (χ0v) is 12.3. The lowest BCUT2D eigenvalue weighted by molar-refractivity contribution is -0.116. The number of anilines is 1. The zero-order valence-electron chi connectivity index (χ0n) is 12.3. The Morgan fingerprint density at radius 1 is 1.38 bits per heavy atom. The second-order valence-corrected chi connectivity index (χ2v) is 5.69. The Labute approximate surface area is 124 Å². The first-order valence-corrected chi connectivity index (χ1v) is 7.54. The molecule has 1 aliphatic rings. The van der Waals surface area contributed by atoms with E-state index in [-0.39, 0.29) is 12.5 Å². The van der Waals surface area contributed by atoms with E-state index in [1.807, 2.05) is 23.9 Å². The van der Waals surface area contributed by atoms with Crippen LogP contribution in [0.15, 0.2) is 24.8 Å². The Bertz CT molecular complexity index is 609. The maximum absolute atomic E-state index is 12.1. The summed E-state index contributed by atoms with van der Waals surface area (Å²) in [5.74, 6) is 0.744. The fourth-order valence-corrected chi connectivity index (χ4v) is 2.94. The van der Waals surface area contributed by atoms with E-state index in [4.69, 9.17) is 0 Å². The second-order valence-electron chi connectivity index (χ2n) is 5.69. The normalized spacial score (nSPS) is 16.0. The lowest BCUT2D eigenvalue weighted by Crippen LogP contribution is -2.22. The van der Waals surface area contributed by atoms with Gasteiger partial charge in [0, 0.05) is 12.3 Å². The number of hydrogen-bond acceptors (Lipinski definition) is 3. The molecule has 21 heavy (non-hydrogen) atoms. The van der Waals surface area contributed by atoms with Crippen LogP contribution in [0.4, 0.5) is 5.82 Å². The van der Waals surface area contributed by atoms with Crippen LogP contribution in [0.25, 0.3) is 0 Å². The summed E-state index contributed by atoms with van der Waals surface area (Å²) in [4.78, 5) is 16.2. The SMILES string of the molecule is Cc1cn(CC(=O)Nc2ccnn2C2CCCCC2)cn1. The fraction of sp³-hybridized carbons (Fsp3) is 0.533. The molecule has 1 aliphatic carbocycles. The minimum absolute atomic E-state index is 0.0510. The first kappa shape index (κ1) is 13.9. The molecule has 0 spiro atoms. The minimum Gasteiger partial charge on any atom is -0.328 e. The predicted molar refractivity (Wildman–Crippen MR) is 79.9 cm³/mol. The number of carbonyl (C=O) groups excluding carboxylic acids is 1. The van der Waals surface area contributed by atoms with Crippen molar-refractivity contribution < 1.29 is 4.79 Å². The first-order valence-electron chi connectivity index (χ1n) is 7.54. The van der Waals surface area contributed by atoms with E-state index >= 15 is 0 Å². The van der Waals surface area contributed by atoms with Crippen molar-refractivity contribution in [3.8, 4) is 0 Å². The van der Waals surface area contributed by atoms with Gasteiger partial charge in [0.25, 0.3) is 0 Å². The minimum atomic E-state index is -0.0510. The Morgan fingerprint density at radius 2 is 2.19 bits per heavy atom. The Hall–Kier alpha value is -2.11. The number of hydrogen-bond donors (Lipinski definition) is 1. The van der Waals surface area contributed by atoms with Crippen LogP contribution in [0, 0.1) is 6.92 Å². The van der Waals surface area contributed by atoms with Gasteiger partial charge in [0.2, 0.25) is 5.91 Å². The zero-order chi connectivity index (χ0) is 14.7.